The molecule has 0 saturated carbocycles. The number of H-pyrrole nitrogens is 1. The molecule has 1 N–H and O–H groups in total. The first-order valence-corrected chi connectivity index (χ1v) is 6.34. The molecular formula is C12H13IN2O2. The molecule has 17 heavy (non-hydrogen) atoms. The van der Waals surface area contributed by atoms with Crippen molar-refractivity contribution in [1.82, 2.24) is 9.97 Å². The molecule has 0 radical (unpaired) electrons. The number of carbonyl (C=O) groups excluding carboxylic acids is 1. The summed E-state index contributed by atoms with van der Waals surface area (Å²) in [7, 11) is 0. The van der Waals surface area contributed by atoms with Crippen molar-refractivity contribution in [3.05, 3.63) is 30.1 Å². The molecule has 1 aromatic heterocycles. The molecule has 0 unspecified atom stereocenters. The molecule has 0 spiro atoms. The Bertz CT molecular complexity index is 510. The number of carbonyl (C=O) groups is 1. The first kappa shape index (κ1) is 12.3. The van der Waals surface area contributed by atoms with Crippen LogP contribution in [-0.2, 0) is 16.1 Å². The van der Waals surface area contributed by atoms with E-state index in [1.807, 2.05) is 38.1 Å². The van der Waals surface area contributed by atoms with Crippen LogP contribution in [0.25, 0.3) is 11.0 Å². The number of para-hydroxylation sites is 2. The van der Waals surface area contributed by atoms with Crippen molar-refractivity contribution in [1.29, 1.82) is 0 Å². The number of fused-ring (bicyclic) bond motifs is 1. The fourth-order valence-electron chi connectivity index (χ4n) is 1.38. The lowest BCUT2D eigenvalue weighted by atomic mass is 10.2. The van der Waals surface area contributed by atoms with Gasteiger partial charge < -0.3 is 9.72 Å². The smallest absolute Gasteiger partial charge is 0.321 e. The first-order chi connectivity index (χ1) is 7.97. The molecule has 0 atom stereocenters. The number of benzene rings is 1. The second kappa shape index (κ2) is 4.64. The SMILES string of the molecule is CC(C)(I)C(=O)OCc1nc2ccccc2[nH]1. The van der Waals surface area contributed by atoms with Gasteiger partial charge in [0.05, 0.1) is 11.0 Å². The lowest BCUT2D eigenvalue weighted by molar-refractivity contribution is -0.146. The minimum atomic E-state index is -0.510. The van der Waals surface area contributed by atoms with Gasteiger partial charge in [0, 0.05) is 0 Å². The van der Waals surface area contributed by atoms with Gasteiger partial charge in [-0.05, 0) is 26.0 Å². The topological polar surface area (TPSA) is 55.0 Å². The Morgan fingerprint density at radius 3 is 2.82 bits per heavy atom. The van der Waals surface area contributed by atoms with E-state index in [1.54, 1.807) is 0 Å². The zero-order valence-corrected chi connectivity index (χ0v) is 11.8. The quantitative estimate of drug-likeness (QED) is 0.529. The Kier molecular flexibility index (Phi) is 3.37. The van der Waals surface area contributed by atoms with Crippen LogP contribution >= 0.6 is 22.6 Å². The average Bonchev–Trinajstić information content (AvgIpc) is 2.66. The number of halogens is 1. The number of nitrogens with zero attached hydrogens (tertiary/aromatic N) is 1. The Labute approximate surface area is 113 Å². The molecule has 0 fully saturated rings. The monoisotopic (exact) mass is 344 g/mol. The summed E-state index contributed by atoms with van der Waals surface area (Å²) < 4.78 is 4.67. The van der Waals surface area contributed by atoms with Crippen LogP contribution in [0.2, 0.25) is 0 Å². The summed E-state index contributed by atoms with van der Waals surface area (Å²) in [6, 6.07) is 7.71. The molecule has 0 amide bonds. The lowest BCUT2D eigenvalue weighted by Crippen LogP contribution is -2.26. The third kappa shape index (κ3) is 2.96. The highest BCUT2D eigenvalue weighted by molar-refractivity contribution is 14.1. The summed E-state index contributed by atoms with van der Waals surface area (Å²) in [6.45, 7) is 3.81. The van der Waals surface area contributed by atoms with Gasteiger partial charge in [-0.3, -0.25) is 4.79 Å². The van der Waals surface area contributed by atoms with Crippen LogP contribution < -0.4 is 0 Å². The Hall–Kier alpha value is -1.11. The van der Waals surface area contributed by atoms with Crippen molar-refractivity contribution < 1.29 is 9.53 Å². The molecular weight excluding hydrogens is 331 g/mol. The molecule has 0 saturated heterocycles. The van der Waals surface area contributed by atoms with Crippen LogP contribution in [0.5, 0.6) is 0 Å². The first-order valence-electron chi connectivity index (χ1n) is 5.26. The maximum Gasteiger partial charge on any atom is 0.321 e. The van der Waals surface area contributed by atoms with Crippen molar-refractivity contribution in [2.45, 2.75) is 23.9 Å². The fourth-order valence-corrected chi connectivity index (χ4v) is 1.54. The number of imidazole rings is 1. The Morgan fingerprint density at radius 2 is 2.18 bits per heavy atom. The van der Waals surface area contributed by atoms with E-state index in [0.29, 0.717) is 5.82 Å². The number of hydrogen-bond donors (Lipinski definition) is 1. The minimum Gasteiger partial charge on any atom is -0.457 e. The van der Waals surface area contributed by atoms with Crippen LogP contribution in [-0.4, -0.2) is 19.4 Å². The maximum absolute atomic E-state index is 11.6. The van der Waals surface area contributed by atoms with E-state index in [-0.39, 0.29) is 12.6 Å². The Morgan fingerprint density at radius 1 is 1.47 bits per heavy atom. The number of alkyl halides is 1. The second-order valence-electron chi connectivity index (χ2n) is 4.25. The van der Waals surface area contributed by atoms with E-state index in [9.17, 15) is 4.79 Å². The van der Waals surface area contributed by atoms with Crippen LogP contribution in [0.1, 0.15) is 19.7 Å². The minimum absolute atomic E-state index is 0.181. The van der Waals surface area contributed by atoms with Gasteiger partial charge >= 0.3 is 5.97 Å². The van der Waals surface area contributed by atoms with Gasteiger partial charge in [0.25, 0.3) is 0 Å². The van der Waals surface area contributed by atoms with Crippen LogP contribution in [0, 0.1) is 0 Å². The summed E-state index contributed by atoms with van der Waals surface area (Å²) in [6.07, 6.45) is 0. The molecule has 0 aliphatic heterocycles. The molecule has 1 heterocycles. The highest BCUT2D eigenvalue weighted by Crippen LogP contribution is 2.19. The molecule has 0 bridgehead atoms. The fraction of sp³-hybridized carbons (Fsp3) is 0.333. The van der Waals surface area contributed by atoms with Crippen molar-refractivity contribution >= 4 is 39.6 Å². The van der Waals surface area contributed by atoms with E-state index < -0.39 is 3.42 Å². The van der Waals surface area contributed by atoms with Crippen molar-refractivity contribution in [3.8, 4) is 0 Å². The average molecular weight is 344 g/mol. The zero-order chi connectivity index (χ0) is 12.5. The van der Waals surface area contributed by atoms with E-state index in [0.717, 1.165) is 11.0 Å². The van der Waals surface area contributed by atoms with Gasteiger partial charge in [0.15, 0.2) is 0 Å². The van der Waals surface area contributed by atoms with E-state index in [2.05, 4.69) is 32.6 Å². The number of aromatic amines is 1. The van der Waals surface area contributed by atoms with Crippen molar-refractivity contribution in [2.24, 2.45) is 0 Å². The van der Waals surface area contributed by atoms with Crippen LogP contribution in [0.4, 0.5) is 0 Å². The highest BCUT2D eigenvalue weighted by atomic mass is 127. The summed E-state index contributed by atoms with van der Waals surface area (Å²) in [5.74, 6) is 0.429. The molecule has 4 nitrogen and oxygen atoms in total. The predicted octanol–water partition coefficient (Wildman–Crippen LogP) is 2.82. The van der Waals surface area contributed by atoms with E-state index in [1.165, 1.54) is 0 Å². The Balaban J connectivity index is 2.07. The highest BCUT2D eigenvalue weighted by Gasteiger charge is 2.25. The third-order valence-electron chi connectivity index (χ3n) is 2.26. The van der Waals surface area contributed by atoms with Crippen molar-refractivity contribution in [2.75, 3.05) is 0 Å². The molecule has 90 valence electrons. The van der Waals surface area contributed by atoms with Crippen LogP contribution in [0.15, 0.2) is 24.3 Å². The zero-order valence-electron chi connectivity index (χ0n) is 9.66. The molecule has 1 aromatic carbocycles. The number of aromatic nitrogens is 2. The number of hydrogen-bond acceptors (Lipinski definition) is 3. The van der Waals surface area contributed by atoms with Crippen LogP contribution in [0.3, 0.4) is 0 Å². The molecule has 0 aliphatic carbocycles. The molecule has 2 aromatic rings. The molecule has 2 rings (SSSR count). The van der Waals surface area contributed by atoms with Crippen molar-refractivity contribution in [3.63, 3.8) is 0 Å². The lowest BCUT2D eigenvalue weighted by Gasteiger charge is -2.13. The van der Waals surface area contributed by atoms with Gasteiger partial charge in [0.1, 0.15) is 15.9 Å². The standard InChI is InChI=1S/C12H13IN2O2/c1-12(2,13)11(16)17-7-10-14-8-5-3-4-6-9(8)15-10/h3-6H,7H2,1-2H3,(H,14,15). The van der Waals surface area contributed by atoms with Gasteiger partial charge in [-0.15, -0.1) is 0 Å². The van der Waals surface area contributed by atoms with E-state index in [4.69, 9.17) is 4.74 Å². The number of ether oxygens (including phenoxy) is 1. The van der Waals surface area contributed by atoms with Gasteiger partial charge in [-0.1, -0.05) is 34.7 Å². The summed E-state index contributed by atoms with van der Waals surface area (Å²) in [5.41, 5.74) is 1.83. The van der Waals surface area contributed by atoms with Gasteiger partial charge in [0.2, 0.25) is 0 Å². The largest absolute Gasteiger partial charge is 0.457 e. The van der Waals surface area contributed by atoms with Gasteiger partial charge in [-0.25, -0.2) is 4.98 Å². The number of rotatable bonds is 3. The van der Waals surface area contributed by atoms with Gasteiger partial charge in [-0.2, -0.15) is 0 Å². The molecule has 0 aliphatic rings. The maximum atomic E-state index is 11.6. The predicted molar refractivity (Wildman–Crippen MR) is 74.0 cm³/mol. The normalized spacial score (nSPS) is 11.7. The van der Waals surface area contributed by atoms with E-state index >= 15 is 0 Å². The third-order valence-corrected chi connectivity index (χ3v) is 2.70. The summed E-state index contributed by atoms with van der Waals surface area (Å²) >= 11 is 2.05. The second-order valence-corrected chi connectivity index (χ2v) is 6.95. The number of nitrogens with one attached hydrogen (secondary N) is 1. The summed E-state index contributed by atoms with van der Waals surface area (Å²) in [5, 5.41) is 0. The summed E-state index contributed by atoms with van der Waals surface area (Å²) in [4.78, 5) is 19.0. The molecule has 5 heteroatoms. The number of esters is 1.